The van der Waals surface area contributed by atoms with Crippen molar-refractivity contribution >= 4 is 22.4 Å². The third-order valence-corrected chi connectivity index (χ3v) is 3.83. The van der Waals surface area contributed by atoms with Crippen LogP contribution in [0.1, 0.15) is 23.1 Å². The minimum Gasteiger partial charge on any atom is -0.366 e. The maximum atomic E-state index is 12.6. The summed E-state index contributed by atoms with van der Waals surface area (Å²) in [6.45, 7) is 0.333. The third-order valence-electron chi connectivity index (χ3n) is 3.83. The molecule has 1 N–H and O–H groups in total. The van der Waals surface area contributed by atoms with E-state index in [1.807, 2.05) is 6.07 Å². The molecule has 1 aromatic heterocycles. The van der Waals surface area contributed by atoms with Crippen molar-refractivity contribution in [2.75, 3.05) is 5.32 Å². The molecule has 8 heteroatoms. The van der Waals surface area contributed by atoms with Crippen LogP contribution < -0.4 is 5.32 Å². The summed E-state index contributed by atoms with van der Waals surface area (Å²) in [5, 5.41) is 23.6. The van der Waals surface area contributed by atoms with E-state index in [4.69, 9.17) is 0 Å². The van der Waals surface area contributed by atoms with E-state index in [9.17, 15) is 24.2 Å². The van der Waals surface area contributed by atoms with Crippen LogP contribution in [0.4, 0.5) is 20.3 Å². The fourth-order valence-corrected chi connectivity index (χ4v) is 2.48. The highest BCUT2D eigenvalue weighted by Gasteiger charge is 2.12. The Labute approximate surface area is 146 Å². The van der Waals surface area contributed by atoms with Gasteiger partial charge in [-0.25, -0.2) is 13.8 Å². The van der Waals surface area contributed by atoms with Crippen molar-refractivity contribution < 1.29 is 13.7 Å². The van der Waals surface area contributed by atoms with Crippen LogP contribution in [-0.2, 0) is 6.54 Å². The number of aromatic nitrogens is 1. The lowest BCUT2D eigenvalue weighted by atomic mass is 10.1. The molecule has 3 aromatic rings. The number of benzene rings is 2. The van der Waals surface area contributed by atoms with Crippen molar-refractivity contribution in [1.29, 1.82) is 5.26 Å². The van der Waals surface area contributed by atoms with Crippen molar-refractivity contribution in [1.82, 2.24) is 4.98 Å². The van der Waals surface area contributed by atoms with E-state index in [1.165, 1.54) is 36.4 Å². The number of fused-ring (bicyclic) bond motifs is 1. The van der Waals surface area contributed by atoms with Gasteiger partial charge < -0.3 is 5.32 Å². The van der Waals surface area contributed by atoms with Crippen molar-refractivity contribution in [2.24, 2.45) is 0 Å². The number of nitro benzene ring substituents is 1. The Balaban J connectivity index is 1.85. The number of nitrogens with zero attached hydrogens (tertiary/aromatic N) is 3. The molecular formula is C18H12F2N4O2. The highest BCUT2D eigenvalue weighted by Crippen LogP contribution is 2.25. The standard InChI is InChI=1S/C18H12F2N4O2/c19-18(20)12-3-1-11(2-4-12)10-22-17-7-13(9-21)15-8-14(24(25)26)5-6-16(15)23-17/h1-8,18H,10H2,(H,22,23). The molecule has 130 valence electrons. The number of pyridine rings is 1. The first-order chi connectivity index (χ1) is 12.5. The van der Waals surface area contributed by atoms with Gasteiger partial charge in [0, 0.05) is 29.6 Å². The van der Waals surface area contributed by atoms with E-state index in [-0.39, 0.29) is 16.8 Å². The second-order valence-electron chi connectivity index (χ2n) is 5.52. The predicted octanol–water partition coefficient (Wildman–Crippen LogP) is 4.56. The van der Waals surface area contributed by atoms with Gasteiger partial charge in [0.1, 0.15) is 5.82 Å². The monoisotopic (exact) mass is 354 g/mol. The Kier molecular flexibility index (Phi) is 4.71. The Hall–Kier alpha value is -3.60. The minimum atomic E-state index is -2.51. The second kappa shape index (κ2) is 7.11. The van der Waals surface area contributed by atoms with Crippen LogP contribution >= 0.6 is 0 Å². The quantitative estimate of drug-likeness (QED) is 0.535. The van der Waals surface area contributed by atoms with Crippen LogP contribution in [0.15, 0.2) is 48.5 Å². The fraction of sp³-hybridized carbons (Fsp3) is 0.111. The molecule has 0 saturated carbocycles. The zero-order valence-corrected chi connectivity index (χ0v) is 13.3. The van der Waals surface area contributed by atoms with Crippen LogP contribution in [0.25, 0.3) is 10.9 Å². The summed E-state index contributed by atoms with van der Waals surface area (Å²) in [6.07, 6.45) is -2.51. The van der Waals surface area contributed by atoms with E-state index in [2.05, 4.69) is 10.3 Å². The summed E-state index contributed by atoms with van der Waals surface area (Å²) in [5.74, 6) is 0.417. The Morgan fingerprint density at radius 1 is 1.19 bits per heavy atom. The van der Waals surface area contributed by atoms with Crippen molar-refractivity contribution in [2.45, 2.75) is 13.0 Å². The summed E-state index contributed by atoms with van der Waals surface area (Å²) >= 11 is 0. The first-order valence-corrected chi connectivity index (χ1v) is 7.58. The summed E-state index contributed by atoms with van der Waals surface area (Å²) in [6, 6.07) is 13.5. The summed E-state index contributed by atoms with van der Waals surface area (Å²) in [7, 11) is 0. The maximum absolute atomic E-state index is 12.6. The Morgan fingerprint density at radius 3 is 2.54 bits per heavy atom. The number of nitrogens with one attached hydrogen (secondary N) is 1. The molecule has 0 fully saturated rings. The van der Waals surface area contributed by atoms with E-state index in [0.29, 0.717) is 23.3 Å². The van der Waals surface area contributed by atoms with E-state index >= 15 is 0 Å². The molecular weight excluding hydrogens is 342 g/mol. The average molecular weight is 354 g/mol. The molecule has 0 bridgehead atoms. The third kappa shape index (κ3) is 3.57. The van der Waals surface area contributed by atoms with Gasteiger partial charge >= 0.3 is 0 Å². The number of rotatable bonds is 5. The number of non-ortho nitro benzene ring substituents is 1. The molecule has 0 unspecified atom stereocenters. The molecule has 1 heterocycles. The number of hydrogen-bond acceptors (Lipinski definition) is 5. The van der Waals surface area contributed by atoms with Gasteiger partial charge in [0.2, 0.25) is 0 Å². The first kappa shape index (κ1) is 17.2. The van der Waals surface area contributed by atoms with E-state index in [0.717, 1.165) is 5.56 Å². The average Bonchev–Trinajstić information content (AvgIpc) is 2.65. The number of nitro groups is 1. The van der Waals surface area contributed by atoms with Crippen molar-refractivity contribution in [3.8, 4) is 6.07 Å². The molecule has 6 nitrogen and oxygen atoms in total. The molecule has 0 aliphatic rings. The van der Waals surface area contributed by atoms with Crippen LogP contribution in [0.3, 0.4) is 0 Å². The number of halogens is 2. The lowest BCUT2D eigenvalue weighted by Crippen LogP contribution is -2.02. The molecule has 0 atom stereocenters. The summed E-state index contributed by atoms with van der Waals surface area (Å²) < 4.78 is 25.1. The number of nitriles is 1. The van der Waals surface area contributed by atoms with Crippen LogP contribution in [0.2, 0.25) is 0 Å². The van der Waals surface area contributed by atoms with E-state index < -0.39 is 11.3 Å². The summed E-state index contributed by atoms with van der Waals surface area (Å²) in [4.78, 5) is 14.7. The maximum Gasteiger partial charge on any atom is 0.270 e. The zero-order valence-electron chi connectivity index (χ0n) is 13.3. The topological polar surface area (TPSA) is 91.8 Å². The number of anilines is 1. The Morgan fingerprint density at radius 2 is 1.92 bits per heavy atom. The number of alkyl halides is 2. The molecule has 3 rings (SSSR count). The smallest absolute Gasteiger partial charge is 0.270 e. The lowest BCUT2D eigenvalue weighted by molar-refractivity contribution is -0.384. The van der Waals surface area contributed by atoms with E-state index in [1.54, 1.807) is 12.1 Å². The van der Waals surface area contributed by atoms with Gasteiger partial charge in [0.25, 0.3) is 12.1 Å². The molecule has 0 aliphatic heterocycles. The molecule has 0 aliphatic carbocycles. The fourth-order valence-electron chi connectivity index (χ4n) is 2.48. The first-order valence-electron chi connectivity index (χ1n) is 7.58. The van der Waals surface area contributed by atoms with Crippen molar-refractivity contribution in [3.05, 3.63) is 75.3 Å². The molecule has 0 amide bonds. The van der Waals surface area contributed by atoms with Crippen molar-refractivity contribution in [3.63, 3.8) is 0 Å². The second-order valence-corrected chi connectivity index (χ2v) is 5.52. The zero-order chi connectivity index (χ0) is 18.7. The van der Waals surface area contributed by atoms with Gasteiger partial charge in [-0.15, -0.1) is 0 Å². The SMILES string of the molecule is N#Cc1cc(NCc2ccc(C(F)F)cc2)nc2ccc([N+](=O)[O-])cc12. The molecule has 0 saturated heterocycles. The van der Waals surface area contributed by atoms with Gasteiger partial charge in [0.15, 0.2) is 0 Å². The minimum absolute atomic E-state index is 0.0501. The van der Waals surface area contributed by atoms with Gasteiger partial charge in [-0.3, -0.25) is 10.1 Å². The lowest BCUT2D eigenvalue weighted by Gasteiger charge is -2.09. The van der Waals surface area contributed by atoms with Gasteiger partial charge in [-0.1, -0.05) is 24.3 Å². The van der Waals surface area contributed by atoms with Crippen LogP contribution in [0, 0.1) is 21.4 Å². The number of hydrogen-bond donors (Lipinski definition) is 1. The van der Waals surface area contributed by atoms with Gasteiger partial charge in [-0.05, 0) is 17.7 Å². The highest BCUT2D eigenvalue weighted by atomic mass is 19.3. The molecule has 0 spiro atoms. The highest BCUT2D eigenvalue weighted by molar-refractivity contribution is 5.88. The van der Waals surface area contributed by atoms with Gasteiger partial charge in [0.05, 0.1) is 22.1 Å². The Bertz CT molecular complexity index is 1010. The largest absolute Gasteiger partial charge is 0.366 e. The predicted molar refractivity (Wildman–Crippen MR) is 91.8 cm³/mol. The molecule has 0 radical (unpaired) electrons. The normalized spacial score (nSPS) is 10.7. The van der Waals surface area contributed by atoms with Gasteiger partial charge in [-0.2, -0.15) is 5.26 Å². The molecule has 2 aromatic carbocycles. The van der Waals surface area contributed by atoms with Crippen LogP contribution in [0.5, 0.6) is 0 Å². The molecule has 26 heavy (non-hydrogen) atoms. The summed E-state index contributed by atoms with van der Waals surface area (Å²) in [5.41, 5.74) is 1.32. The van der Waals surface area contributed by atoms with Crippen LogP contribution in [-0.4, -0.2) is 9.91 Å².